The molecule has 1 aromatic rings. The predicted molar refractivity (Wildman–Crippen MR) is 73.9 cm³/mol. The second kappa shape index (κ2) is 6.32. The van der Waals surface area contributed by atoms with Crippen LogP contribution in [0.15, 0.2) is 17.0 Å². The Hall–Kier alpha value is 0.700. The van der Waals surface area contributed by atoms with Crippen LogP contribution < -0.4 is 4.72 Å². The third-order valence-electron chi connectivity index (χ3n) is 1.70. The SMILES string of the molecule is Cc1cc(C)c(NSOI)c(SCl)c1. The number of hydrogen-bond acceptors (Lipinski definition) is 4. The van der Waals surface area contributed by atoms with Crippen molar-refractivity contribution >= 4 is 62.6 Å². The molecule has 0 unspecified atom stereocenters. The molecule has 0 saturated carbocycles. The van der Waals surface area contributed by atoms with E-state index in [9.17, 15) is 0 Å². The van der Waals surface area contributed by atoms with Gasteiger partial charge in [0.25, 0.3) is 0 Å². The summed E-state index contributed by atoms with van der Waals surface area (Å²) in [6, 6.07) is 4.15. The molecule has 0 aliphatic heterocycles. The van der Waals surface area contributed by atoms with Crippen LogP contribution >= 0.6 is 56.9 Å². The molecular formula is C8H9ClINOS2. The van der Waals surface area contributed by atoms with E-state index in [-0.39, 0.29) is 0 Å². The summed E-state index contributed by atoms with van der Waals surface area (Å²) in [7, 11) is 6.99. The lowest BCUT2D eigenvalue weighted by Gasteiger charge is -2.11. The van der Waals surface area contributed by atoms with Crippen LogP contribution in [0.5, 0.6) is 0 Å². The maximum Gasteiger partial charge on any atom is 0.129 e. The van der Waals surface area contributed by atoms with Gasteiger partial charge >= 0.3 is 0 Å². The molecule has 0 saturated heterocycles. The largest absolute Gasteiger partial charge is 0.305 e. The highest BCUT2D eigenvalue weighted by Crippen LogP contribution is 2.35. The summed E-state index contributed by atoms with van der Waals surface area (Å²) in [4.78, 5) is 1.02. The van der Waals surface area contributed by atoms with E-state index in [1.165, 1.54) is 28.8 Å². The molecule has 1 rings (SSSR count). The summed E-state index contributed by atoms with van der Waals surface area (Å²) in [6.45, 7) is 4.09. The monoisotopic (exact) mass is 361 g/mol. The van der Waals surface area contributed by atoms with Gasteiger partial charge in [0, 0.05) is 4.90 Å². The van der Waals surface area contributed by atoms with Gasteiger partial charge in [-0.15, -0.1) is 0 Å². The molecule has 0 aromatic heterocycles. The van der Waals surface area contributed by atoms with E-state index < -0.39 is 0 Å². The molecule has 1 N–H and O–H groups in total. The quantitative estimate of drug-likeness (QED) is 0.468. The third kappa shape index (κ3) is 3.37. The van der Waals surface area contributed by atoms with E-state index in [2.05, 4.69) is 17.7 Å². The van der Waals surface area contributed by atoms with Crippen molar-refractivity contribution in [1.29, 1.82) is 0 Å². The Labute approximate surface area is 111 Å². The van der Waals surface area contributed by atoms with Gasteiger partial charge in [0.15, 0.2) is 0 Å². The molecular weight excluding hydrogens is 353 g/mol. The van der Waals surface area contributed by atoms with Crippen molar-refractivity contribution in [3.63, 3.8) is 0 Å². The molecule has 0 atom stereocenters. The number of benzene rings is 1. The molecule has 0 aliphatic carbocycles. The van der Waals surface area contributed by atoms with Crippen molar-refractivity contribution in [2.45, 2.75) is 18.7 Å². The van der Waals surface area contributed by atoms with Gasteiger partial charge in [0.05, 0.1) is 5.69 Å². The second-order valence-corrected chi connectivity index (χ2v) is 5.41. The smallest absolute Gasteiger partial charge is 0.129 e. The number of anilines is 1. The molecule has 0 heterocycles. The zero-order valence-electron chi connectivity index (χ0n) is 7.64. The fourth-order valence-electron chi connectivity index (χ4n) is 1.18. The lowest BCUT2D eigenvalue weighted by molar-refractivity contribution is 0.847. The van der Waals surface area contributed by atoms with E-state index in [0.29, 0.717) is 0 Å². The van der Waals surface area contributed by atoms with E-state index in [0.717, 1.165) is 16.1 Å². The molecule has 1 aromatic carbocycles. The first-order chi connectivity index (χ1) is 6.69. The fourth-order valence-corrected chi connectivity index (χ4v) is 2.78. The second-order valence-electron chi connectivity index (χ2n) is 2.78. The van der Waals surface area contributed by atoms with Gasteiger partial charge < -0.3 is 4.72 Å². The van der Waals surface area contributed by atoms with Gasteiger partial charge in [0.2, 0.25) is 0 Å². The van der Waals surface area contributed by atoms with Crippen molar-refractivity contribution in [1.82, 2.24) is 0 Å². The van der Waals surface area contributed by atoms with Crippen LogP contribution in [-0.4, -0.2) is 0 Å². The summed E-state index contributed by atoms with van der Waals surface area (Å²) in [6.07, 6.45) is 0. The van der Waals surface area contributed by atoms with Crippen LogP contribution in [0, 0.1) is 13.8 Å². The molecule has 78 valence electrons. The van der Waals surface area contributed by atoms with Crippen LogP contribution in [-0.2, 0) is 2.51 Å². The van der Waals surface area contributed by atoms with Crippen molar-refractivity contribution in [2.24, 2.45) is 0 Å². The highest BCUT2D eigenvalue weighted by molar-refractivity contribution is 14.1. The van der Waals surface area contributed by atoms with Crippen molar-refractivity contribution < 1.29 is 2.51 Å². The van der Waals surface area contributed by atoms with Gasteiger partial charge in [-0.25, -0.2) is 2.51 Å². The summed E-state index contributed by atoms with van der Waals surface area (Å²) in [5.74, 6) is 0. The Kier molecular flexibility index (Phi) is 5.76. The predicted octanol–water partition coefficient (Wildman–Crippen LogP) is 4.89. The number of halogens is 2. The van der Waals surface area contributed by atoms with E-state index in [1.54, 1.807) is 0 Å². The first-order valence-electron chi connectivity index (χ1n) is 3.79. The average molecular weight is 362 g/mol. The van der Waals surface area contributed by atoms with Crippen molar-refractivity contribution in [2.75, 3.05) is 4.72 Å². The molecule has 0 spiro atoms. The highest BCUT2D eigenvalue weighted by atomic mass is 127. The molecule has 2 nitrogen and oxygen atoms in total. The minimum Gasteiger partial charge on any atom is -0.305 e. The minimum atomic E-state index is 1.01. The molecule has 14 heavy (non-hydrogen) atoms. The van der Waals surface area contributed by atoms with Gasteiger partial charge in [-0.1, -0.05) is 6.07 Å². The molecule has 0 radical (unpaired) electrons. The number of hydrogen-bond donors (Lipinski definition) is 1. The fraction of sp³-hybridized carbons (Fsp3) is 0.250. The van der Waals surface area contributed by atoms with Gasteiger partial charge in [-0.2, -0.15) is 0 Å². The lowest BCUT2D eigenvalue weighted by atomic mass is 10.1. The molecule has 0 amide bonds. The Morgan fingerprint density at radius 1 is 1.43 bits per heavy atom. The van der Waals surface area contributed by atoms with Crippen molar-refractivity contribution in [3.8, 4) is 0 Å². The zero-order chi connectivity index (χ0) is 10.6. The topological polar surface area (TPSA) is 21.3 Å². The molecule has 0 aliphatic rings. The number of rotatable bonds is 4. The van der Waals surface area contributed by atoms with E-state index in [1.807, 2.05) is 36.0 Å². The van der Waals surface area contributed by atoms with Gasteiger partial charge in [-0.05, 0) is 52.7 Å². The number of aryl methyl sites for hydroxylation is 2. The first-order valence-corrected chi connectivity index (χ1v) is 7.05. The Morgan fingerprint density at radius 3 is 2.71 bits per heavy atom. The maximum atomic E-state index is 5.78. The van der Waals surface area contributed by atoms with Gasteiger partial charge in [0.1, 0.15) is 35.2 Å². The normalized spacial score (nSPS) is 10.3. The maximum absolute atomic E-state index is 5.78. The average Bonchev–Trinajstić information content (AvgIpc) is 2.15. The summed E-state index contributed by atoms with van der Waals surface area (Å²) >= 11 is 2.99. The Bertz CT molecular complexity index is 324. The molecule has 6 heteroatoms. The third-order valence-corrected chi connectivity index (χ3v) is 3.58. The summed E-state index contributed by atoms with van der Waals surface area (Å²) in [5, 5.41) is 0. The first kappa shape index (κ1) is 12.8. The van der Waals surface area contributed by atoms with E-state index in [4.69, 9.17) is 13.2 Å². The van der Waals surface area contributed by atoms with E-state index >= 15 is 0 Å². The highest BCUT2D eigenvalue weighted by Gasteiger charge is 2.07. The zero-order valence-corrected chi connectivity index (χ0v) is 12.2. The summed E-state index contributed by atoms with van der Waals surface area (Å²) in [5.41, 5.74) is 3.38. The van der Waals surface area contributed by atoms with Crippen LogP contribution in [0.2, 0.25) is 0 Å². The molecule has 0 bridgehead atoms. The standard InChI is InChI=1S/C8H9ClINOS2/c1-5-3-6(2)8(11-14-12-10)7(4-5)13-9/h3-4,11H,1-2H3. The summed E-state index contributed by atoms with van der Waals surface area (Å²) < 4.78 is 7.94. The number of nitrogens with one attached hydrogen (secondary N) is 1. The van der Waals surface area contributed by atoms with Crippen LogP contribution in [0.1, 0.15) is 11.1 Å². The minimum absolute atomic E-state index is 1.01. The lowest BCUT2D eigenvalue weighted by Crippen LogP contribution is -1.92. The van der Waals surface area contributed by atoms with Crippen LogP contribution in [0.3, 0.4) is 0 Å². The van der Waals surface area contributed by atoms with Crippen LogP contribution in [0.25, 0.3) is 0 Å². The van der Waals surface area contributed by atoms with Gasteiger partial charge in [-0.3, -0.25) is 0 Å². The molecule has 0 fully saturated rings. The van der Waals surface area contributed by atoms with Crippen LogP contribution in [0.4, 0.5) is 5.69 Å². The Morgan fingerprint density at radius 2 is 2.14 bits per heavy atom. The van der Waals surface area contributed by atoms with Crippen molar-refractivity contribution in [3.05, 3.63) is 23.3 Å². The Balaban J connectivity index is 2.99.